The van der Waals surface area contributed by atoms with Crippen molar-refractivity contribution in [2.75, 3.05) is 38.1 Å². The maximum absolute atomic E-state index is 11.6. The minimum Gasteiger partial charge on any atom is -0.354 e. The van der Waals surface area contributed by atoms with Crippen LogP contribution in [0.3, 0.4) is 0 Å². The van der Waals surface area contributed by atoms with Crippen molar-refractivity contribution >= 4 is 11.8 Å². The van der Waals surface area contributed by atoms with Gasteiger partial charge in [-0.15, -0.1) is 0 Å². The van der Waals surface area contributed by atoms with Crippen molar-refractivity contribution in [3.05, 3.63) is 23.9 Å². The number of nitrogens with zero attached hydrogens (tertiary/aromatic N) is 3. The average Bonchev–Trinajstić information content (AvgIpc) is 3.30. The first-order chi connectivity index (χ1) is 10.2. The lowest BCUT2D eigenvalue weighted by Crippen LogP contribution is -2.44. The van der Waals surface area contributed by atoms with Gasteiger partial charge in [0.2, 0.25) is 0 Å². The smallest absolute Gasteiger partial charge is 0.315 e. The number of likely N-dealkylation sites (N-methyl/N-ethyl adjacent to an activating group) is 1. The fourth-order valence-corrected chi connectivity index (χ4v) is 2.39. The molecule has 6 heteroatoms. The third-order valence-corrected chi connectivity index (χ3v) is 4.00. The molecule has 6 nitrogen and oxygen atoms in total. The van der Waals surface area contributed by atoms with E-state index in [9.17, 15) is 4.79 Å². The van der Waals surface area contributed by atoms with Gasteiger partial charge in [-0.05, 0) is 31.5 Å². The van der Waals surface area contributed by atoms with Gasteiger partial charge >= 0.3 is 6.03 Å². The van der Waals surface area contributed by atoms with Crippen LogP contribution in [0.2, 0.25) is 0 Å². The van der Waals surface area contributed by atoms with Crippen molar-refractivity contribution in [2.24, 2.45) is 0 Å². The number of amides is 2. The van der Waals surface area contributed by atoms with Gasteiger partial charge in [0.15, 0.2) is 0 Å². The highest BCUT2D eigenvalue weighted by Gasteiger charge is 2.22. The number of hydrogen-bond donors (Lipinski definition) is 2. The molecule has 3 rings (SSSR count). The maximum atomic E-state index is 11.6. The second kappa shape index (κ2) is 6.30. The Morgan fingerprint density at radius 3 is 2.67 bits per heavy atom. The van der Waals surface area contributed by atoms with Crippen LogP contribution in [-0.2, 0) is 6.54 Å². The van der Waals surface area contributed by atoms with Gasteiger partial charge in [-0.25, -0.2) is 9.78 Å². The first kappa shape index (κ1) is 14.1. The molecule has 1 aliphatic heterocycles. The Bertz CT molecular complexity index is 477. The van der Waals surface area contributed by atoms with E-state index >= 15 is 0 Å². The van der Waals surface area contributed by atoms with Gasteiger partial charge in [0.05, 0.1) is 0 Å². The van der Waals surface area contributed by atoms with E-state index in [0.717, 1.165) is 50.4 Å². The van der Waals surface area contributed by atoms with Crippen LogP contribution >= 0.6 is 0 Å². The fourth-order valence-electron chi connectivity index (χ4n) is 2.39. The van der Waals surface area contributed by atoms with Gasteiger partial charge in [-0.2, -0.15) is 0 Å². The minimum atomic E-state index is -0.0827. The quantitative estimate of drug-likeness (QED) is 0.860. The number of aromatic nitrogens is 1. The topological polar surface area (TPSA) is 60.5 Å². The summed E-state index contributed by atoms with van der Waals surface area (Å²) in [5, 5.41) is 5.77. The Kier molecular flexibility index (Phi) is 4.24. The number of hydrogen-bond acceptors (Lipinski definition) is 4. The van der Waals surface area contributed by atoms with Crippen LogP contribution < -0.4 is 15.5 Å². The van der Waals surface area contributed by atoms with E-state index in [1.54, 1.807) is 0 Å². The van der Waals surface area contributed by atoms with E-state index < -0.39 is 0 Å². The molecule has 21 heavy (non-hydrogen) atoms. The van der Waals surface area contributed by atoms with E-state index in [-0.39, 0.29) is 6.03 Å². The highest BCUT2D eigenvalue weighted by Crippen LogP contribution is 2.18. The molecule has 2 heterocycles. The van der Waals surface area contributed by atoms with E-state index in [2.05, 4.69) is 32.5 Å². The van der Waals surface area contributed by atoms with Gasteiger partial charge in [-0.1, -0.05) is 6.07 Å². The summed E-state index contributed by atoms with van der Waals surface area (Å²) in [6.07, 6.45) is 4.06. The van der Waals surface area contributed by atoms with Crippen LogP contribution in [0.25, 0.3) is 0 Å². The predicted octanol–water partition coefficient (Wildman–Crippen LogP) is 0.795. The van der Waals surface area contributed by atoms with E-state index in [0.29, 0.717) is 12.6 Å². The van der Waals surface area contributed by atoms with Gasteiger partial charge < -0.3 is 20.4 Å². The summed E-state index contributed by atoms with van der Waals surface area (Å²) in [7, 11) is 2.15. The standard InChI is InChI=1S/C15H23N5O/c1-19-6-8-20(9-7-19)14-5-2-12(10-16-14)11-17-15(21)18-13-3-4-13/h2,5,10,13H,3-4,6-9,11H2,1H3,(H2,17,18,21). The van der Waals surface area contributed by atoms with Crippen LogP contribution in [0.5, 0.6) is 0 Å². The average molecular weight is 289 g/mol. The third kappa shape index (κ3) is 4.07. The predicted molar refractivity (Wildman–Crippen MR) is 82.3 cm³/mol. The van der Waals surface area contributed by atoms with E-state index in [4.69, 9.17) is 0 Å². The lowest BCUT2D eigenvalue weighted by molar-refractivity contribution is 0.240. The first-order valence-corrected chi connectivity index (χ1v) is 7.63. The zero-order valence-corrected chi connectivity index (χ0v) is 12.5. The SMILES string of the molecule is CN1CCN(c2ccc(CNC(=O)NC3CC3)cn2)CC1. The van der Waals surface area contributed by atoms with Gasteiger partial charge in [-0.3, -0.25) is 0 Å². The molecule has 2 fully saturated rings. The Morgan fingerprint density at radius 1 is 1.29 bits per heavy atom. The van der Waals surface area contributed by atoms with E-state index in [1.807, 2.05) is 18.3 Å². The second-order valence-electron chi connectivity index (χ2n) is 5.92. The molecule has 1 aliphatic carbocycles. The largest absolute Gasteiger partial charge is 0.354 e. The zero-order valence-electron chi connectivity index (χ0n) is 12.5. The third-order valence-electron chi connectivity index (χ3n) is 4.00. The van der Waals surface area contributed by atoms with Crippen molar-refractivity contribution in [3.63, 3.8) is 0 Å². The molecular weight excluding hydrogens is 266 g/mol. The summed E-state index contributed by atoms with van der Waals surface area (Å²) in [6.45, 7) is 4.71. The molecule has 114 valence electrons. The lowest BCUT2D eigenvalue weighted by Gasteiger charge is -2.33. The van der Waals surface area contributed by atoms with Crippen LogP contribution in [0.15, 0.2) is 18.3 Å². The normalized spacial score (nSPS) is 19.4. The van der Waals surface area contributed by atoms with E-state index in [1.165, 1.54) is 0 Å². The van der Waals surface area contributed by atoms with Crippen LogP contribution in [0, 0.1) is 0 Å². The summed E-state index contributed by atoms with van der Waals surface area (Å²) >= 11 is 0. The number of carbonyl (C=O) groups excluding carboxylic acids is 1. The minimum absolute atomic E-state index is 0.0827. The number of nitrogens with one attached hydrogen (secondary N) is 2. The number of piperazine rings is 1. The molecule has 0 unspecified atom stereocenters. The molecule has 1 aromatic heterocycles. The molecule has 1 aromatic rings. The summed E-state index contributed by atoms with van der Waals surface area (Å²) in [6, 6.07) is 4.39. The monoisotopic (exact) mass is 289 g/mol. The summed E-state index contributed by atoms with van der Waals surface area (Å²) < 4.78 is 0. The van der Waals surface area contributed by atoms with Crippen LogP contribution in [-0.4, -0.2) is 55.2 Å². The first-order valence-electron chi connectivity index (χ1n) is 7.63. The number of anilines is 1. The Balaban J connectivity index is 1.48. The number of carbonyl (C=O) groups is 1. The van der Waals surface area contributed by atoms with Crippen molar-refractivity contribution in [3.8, 4) is 0 Å². The highest BCUT2D eigenvalue weighted by atomic mass is 16.2. The van der Waals surface area contributed by atoms with Crippen molar-refractivity contribution in [1.82, 2.24) is 20.5 Å². The molecule has 2 amide bonds. The number of pyridine rings is 1. The fraction of sp³-hybridized carbons (Fsp3) is 0.600. The number of rotatable bonds is 4. The molecule has 1 saturated carbocycles. The van der Waals surface area contributed by atoms with Crippen LogP contribution in [0.4, 0.5) is 10.6 Å². The highest BCUT2D eigenvalue weighted by molar-refractivity contribution is 5.74. The zero-order chi connectivity index (χ0) is 14.7. The lowest BCUT2D eigenvalue weighted by atomic mass is 10.2. The van der Waals surface area contributed by atoms with Gasteiger partial charge in [0, 0.05) is 45.0 Å². The molecule has 0 atom stereocenters. The van der Waals surface area contributed by atoms with Gasteiger partial charge in [0.25, 0.3) is 0 Å². The summed E-state index contributed by atoms with van der Waals surface area (Å²) in [5.41, 5.74) is 1.03. The molecule has 0 bridgehead atoms. The van der Waals surface area contributed by atoms with Crippen molar-refractivity contribution in [2.45, 2.75) is 25.4 Å². The molecule has 0 aromatic carbocycles. The Hall–Kier alpha value is -1.82. The van der Waals surface area contributed by atoms with Gasteiger partial charge in [0.1, 0.15) is 5.82 Å². The molecule has 1 saturated heterocycles. The molecular formula is C15H23N5O. The Morgan fingerprint density at radius 2 is 2.05 bits per heavy atom. The number of urea groups is 1. The molecule has 2 N–H and O–H groups in total. The second-order valence-corrected chi connectivity index (χ2v) is 5.92. The van der Waals surface area contributed by atoms with Crippen LogP contribution in [0.1, 0.15) is 18.4 Å². The Labute approximate surface area is 125 Å². The van der Waals surface area contributed by atoms with Crippen molar-refractivity contribution in [1.29, 1.82) is 0 Å². The molecule has 0 spiro atoms. The maximum Gasteiger partial charge on any atom is 0.315 e. The summed E-state index contributed by atoms with van der Waals surface area (Å²) in [4.78, 5) is 20.7. The van der Waals surface area contributed by atoms with Crippen molar-refractivity contribution < 1.29 is 4.79 Å². The molecule has 0 radical (unpaired) electrons. The summed E-state index contributed by atoms with van der Waals surface area (Å²) in [5.74, 6) is 1.02. The molecule has 2 aliphatic rings.